The van der Waals surface area contributed by atoms with Gasteiger partial charge in [0.05, 0.1) is 5.25 Å². The second-order valence-electron chi connectivity index (χ2n) is 2.53. The van der Waals surface area contributed by atoms with E-state index in [0.29, 0.717) is 5.13 Å². The normalized spacial score (nSPS) is 14.0. The van der Waals surface area contributed by atoms with Crippen molar-refractivity contribution in [3.63, 3.8) is 0 Å². The Hall–Kier alpha value is -0.660. The van der Waals surface area contributed by atoms with Gasteiger partial charge in [0.25, 0.3) is 0 Å². The van der Waals surface area contributed by atoms with Gasteiger partial charge in [0.15, 0.2) is 5.13 Å². The van der Waals surface area contributed by atoms with E-state index in [-0.39, 0.29) is 6.54 Å². The molecule has 0 aliphatic carbocycles. The van der Waals surface area contributed by atoms with Crippen LogP contribution in [0.25, 0.3) is 0 Å². The highest BCUT2D eigenvalue weighted by Crippen LogP contribution is 2.13. The SMILES string of the molecule is CC(CN)S(=O)(=O)Nc1nccs1. The molecule has 1 unspecified atom stereocenters. The summed E-state index contributed by atoms with van der Waals surface area (Å²) in [6.45, 7) is 1.65. The van der Waals surface area contributed by atoms with Crippen LogP contribution in [0, 0.1) is 0 Å². The number of rotatable bonds is 4. The van der Waals surface area contributed by atoms with Crippen LogP contribution in [0.3, 0.4) is 0 Å². The van der Waals surface area contributed by atoms with Crippen molar-refractivity contribution in [1.82, 2.24) is 4.98 Å². The molecule has 7 heteroatoms. The van der Waals surface area contributed by atoms with Crippen molar-refractivity contribution < 1.29 is 8.42 Å². The van der Waals surface area contributed by atoms with Gasteiger partial charge < -0.3 is 5.73 Å². The molecule has 1 atom stereocenters. The molecule has 0 saturated heterocycles. The van der Waals surface area contributed by atoms with Gasteiger partial charge in [-0.1, -0.05) is 0 Å². The van der Waals surface area contributed by atoms with Crippen molar-refractivity contribution in [2.24, 2.45) is 5.73 Å². The quantitative estimate of drug-likeness (QED) is 0.762. The van der Waals surface area contributed by atoms with E-state index in [0.717, 1.165) is 0 Å². The molecule has 1 heterocycles. The summed E-state index contributed by atoms with van der Waals surface area (Å²) in [5.74, 6) is 0. The maximum Gasteiger partial charge on any atom is 0.238 e. The van der Waals surface area contributed by atoms with Crippen molar-refractivity contribution >= 4 is 26.5 Å². The molecule has 0 aliphatic heterocycles. The maximum atomic E-state index is 11.4. The van der Waals surface area contributed by atoms with Crippen molar-refractivity contribution in [2.75, 3.05) is 11.3 Å². The number of nitrogens with two attached hydrogens (primary N) is 1. The Morgan fingerprint density at radius 1 is 1.77 bits per heavy atom. The smallest absolute Gasteiger partial charge is 0.238 e. The first-order valence-corrected chi connectivity index (χ1v) is 6.10. The van der Waals surface area contributed by atoms with E-state index < -0.39 is 15.3 Å². The molecule has 0 fully saturated rings. The van der Waals surface area contributed by atoms with Gasteiger partial charge in [-0.2, -0.15) is 0 Å². The van der Waals surface area contributed by atoms with E-state index in [1.807, 2.05) is 0 Å². The summed E-state index contributed by atoms with van der Waals surface area (Å²) in [6.07, 6.45) is 1.54. The zero-order valence-electron chi connectivity index (χ0n) is 7.10. The number of hydrogen-bond donors (Lipinski definition) is 2. The lowest BCUT2D eigenvalue weighted by Crippen LogP contribution is -2.31. The van der Waals surface area contributed by atoms with Crippen LogP contribution in [-0.2, 0) is 10.0 Å². The van der Waals surface area contributed by atoms with Gasteiger partial charge in [0, 0.05) is 18.1 Å². The van der Waals surface area contributed by atoms with Gasteiger partial charge >= 0.3 is 0 Å². The minimum atomic E-state index is -3.36. The fraction of sp³-hybridized carbons (Fsp3) is 0.500. The summed E-state index contributed by atoms with van der Waals surface area (Å²) < 4.78 is 25.2. The number of anilines is 1. The van der Waals surface area contributed by atoms with Gasteiger partial charge in [0.1, 0.15) is 0 Å². The van der Waals surface area contributed by atoms with Gasteiger partial charge in [-0.3, -0.25) is 4.72 Å². The number of nitrogens with zero attached hydrogens (tertiary/aromatic N) is 1. The highest BCUT2D eigenvalue weighted by molar-refractivity contribution is 7.93. The van der Waals surface area contributed by atoms with Gasteiger partial charge in [-0.05, 0) is 6.92 Å². The highest BCUT2D eigenvalue weighted by Gasteiger charge is 2.19. The first kappa shape index (κ1) is 10.4. The Labute approximate surface area is 81.0 Å². The first-order chi connectivity index (χ1) is 6.06. The Morgan fingerprint density at radius 3 is 2.92 bits per heavy atom. The molecular formula is C6H11N3O2S2. The van der Waals surface area contributed by atoms with Crippen LogP contribution in [0.4, 0.5) is 5.13 Å². The summed E-state index contributed by atoms with van der Waals surface area (Å²) >= 11 is 1.24. The molecule has 0 radical (unpaired) electrons. The van der Waals surface area contributed by atoms with Crippen LogP contribution in [0.15, 0.2) is 11.6 Å². The van der Waals surface area contributed by atoms with E-state index in [9.17, 15) is 8.42 Å². The lowest BCUT2D eigenvalue weighted by atomic mass is 10.5. The van der Waals surface area contributed by atoms with E-state index in [2.05, 4.69) is 9.71 Å². The number of nitrogens with one attached hydrogen (secondary N) is 1. The topological polar surface area (TPSA) is 85.1 Å². The third-order valence-electron chi connectivity index (χ3n) is 1.52. The zero-order chi connectivity index (χ0) is 9.90. The van der Waals surface area contributed by atoms with E-state index in [1.54, 1.807) is 12.3 Å². The molecule has 5 nitrogen and oxygen atoms in total. The lowest BCUT2D eigenvalue weighted by molar-refractivity contribution is 0.589. The van der Waals surface area contributed by atoms with Gasteiger partial charge in [0.2, 0.25) is 10.0 Å². The lowest BCUT2D eigenvalue weighted by Gasteiger charge is -2.09. The van der Waals surface area contributed by atoms with Gasteiger partial charge in [-0.25, -0.2) is 13.4 Å². The predicted octanol–water partition coefficient (Wildman–Crippen LogP) is 0.232. The third kappa shape index (κ3) is 2.64. The van der Waals surface area contributed by atoms with Crippen molar-refractivity contribution in [1.29, 1.82) is 0 Å². The molecule has 0 aliphatic rings. The Morgan fingerprint density at radius 2 is 2.46 bits per heavy atom. The summed E-state index contributed by atoms with van der Waals surface area (Å²) in [5, 5.41) is 1.47. The molecule has 3 N–H and O–H groups in total. The Kier molecular flexibility index (Phi) is 3.23. The van der Waals surface area contributed by atoms with Crippen LogP contribution < -0.4 is 10.5 Å². The third-order valence-corrected chi connectivity index (χ3v) is 4.07. The minimum Gasteiger partial charge on any atom is -0.329 e. The summed E-state index contributed by atoms with van der Waals surface area (Å²) in [4.78, 5) is 3.81. The summed E-state index contributed by atoms with van der Waals surface area (Å²) in [7, 11) is -3.36. The van der Waals surface area contributed by atoms with Crippen molar-refractivity contribution in [2.45, 2.75) is 12.2 Å². The molecule has 0 saturated carbocycles. The van der Waals surface area contributed by atoms with Crippen LogP contribution >= 0.6 is 11.3 Å². The average molecular weight is 221 g/mol. The number of thiazole rings is 1. The standard InChI is InChI=1S/C6H11N3O2S2/c1-5(4-7)13(10,11)9-6-8-2-3-12-6/h2-3,5H,4,7H2,1H3,(H,8,9). The molecule has 1 aromatic heterocycles. The van der Waals surface area contributed by atoms with E-state index >= 15 is 0 Å². The fourth-order valence-electron chi connectivity index (χ4n) is 0.623. The zero-order valence-corrected chi connectivity index (χ0v) is 8.73. The monoisotopic (exact) mass is 221 g/mol. The van der Waals surface area contributed by atoms with Crippen LogP contribution in [-0.4, -0.2) is 25.2 Å². The molecule has 1 aromatic rings. The second-order valence-corrected chi connectivity index (χ2v) is 5.52. The predicted molar refractivity (Wildman–Crippen MR) is 53.2 cm³/mol. The fourth-order valence-corrected chi connectivity index (χ4v) is 2.29. The number of aromatic nitrogens is 1. The molecular weight excluding hydrogens is 210 g/mol. The van der Waals surface area contributed by atoms with Crippen LogP contribution in [0.2, 0.25) is 0 Å². The first-order valence-electron chi connectivity index (χ1n) is 3.67. The van der Waals surface area contributed by atoms with E-state index in [4.69, 9.17) is 5.73 Å². The molecule has 0 bridgehead atoms. The van der Waals surface area contributed by atoms with Crippen LogP contribution in [0.1, 0.15) is 6.92 Å². The minimum absolute atomic E-state index is 0.0979. The maximum absolute atomic E-state index is 11.4. The second kappa shape index (κ2) is 4.03. The molecule has 13 heavy (non-hydrogen) atoms. The summed E-state index contributed by atoms with van der Waals surface area (Å²) in [5.41, 5.74) is 5.25. The molecule has 0 amide bonds. The Bertz CT molecular complexity index is 346. The number of hydrogen-bond acceptors (Lipinski definition) is 5. The highest BCUT2D eigenvalue weighted by atomic mass is 32.2. The largest absolute Gasteiger partial charge is 0.329 e. The van der Waals surface area contributed by atoms with Crippen LogP contribution in [0.5, 0.6) is 0 Å². The van der Waals surface area contributed by atoms with Crippen molar-refractivity contribution in [3.8, 4) is 0 Å². The van der Waals surface area contributed by atoms with E-state index in [1.165, 1.54) is 17.5 Å². The Balaban J connectivity index is 2.74. The average Bonchev–Trinajstić information content (AvgIpc) is 2.54. The summed E-state index contributed by atoms with van der Waals surface area (Å²) in [6, 6.07) is 0. The number of sulfonamides is 1. The molecule has 74 valence electrons. The molecule has 1 rings (SSSR count). The molecule has 0 aromatic carbocycles. The van der Waals surface area contributed by atoms with Gasteiger partial charge in [-0.15, -0.1) is 11.3 Å². The van der Waals surface area contributed by atoms with Crippen molar-refractivity contribution in [3.05, 3.63) is 11.6 Å². The molecule has 0 spiro atoms.